The van der Waals surface area contributed by atoms with Crippen molar-refractivity contribution in [2.24, 2.45) is 29.6 Å². The van der Waals surface area contributed by atoms with Gasteiger partial charge in [-0.15, -0.1) is 0 Å². The van der Waals surface area contributed by atoms with Crippen LogP contribution in [0.2, 0.25) is 0 Å². The van der Waals surface area contributed by atoms with Gasteiger partial charge in [0, 0.05) is 6.61 Å². The fourth-order valence-corrected chi connectivity index (χ4v) is 6.63. The second-order valence-electron chi connectivity index (χ2n) is 10.3. The van der Waals surface area contributed by atoms with Gasteiger partial charge in [0.2, 0.25) is 0 Å². The average molecular weight is 379 g/mol. The summed E-state index contributed by atoms with van der Waals surface area (Å²) >= 11 is 0. The van der Waals surface area contributed by atoms with E-state index in [1.807, 2.05) is 0 Å². The molecule has 0 aromatic carbocycles. The SMILES string of the molecule is OC1CCC(C2CCCCC2)CC1.OCC1CCC(C2CCCCC2)CC1. The second kappa shape index (κ2) is 11.8. The summed E-state index contributed by atoms with van der Waals surface area (Å²) in [5.41, 5.74) is 0. The highest BCUT2D eigenvalue weighted by Gasteiger charge is 2.28. The molecule has 2 heteroatoms. The lowest BCUT2D eigenvalue weighted by Gasteiger charge is -2.35. The monoisotopic (exact) mass is 378 g/mol. The minimum atomic E-state index is 0.0276. The quantitative estimate of drug-likeness (QED) is 0.590. The van der Waals surface area contributed by atoms with Gasteiger partial charge in [-0.25, -0.2) is 0 Å². The molecule has 4 aliphatic carbocycles. The number of aliphatic hydroxyl groups excluding tert-OH is 2. The fourth-order valence-electron chi connectivity index (χ4n) is 6.63. The Kier molecular flexibility index (Phi) is 9.46. The van der Waals surface area contributed by atoms with E-state index in [4.69, 9.17) is 5.11 Å². The topological polar surface area (TPSA) is 40.5 Å². The van der Waals surface area contributed by atoms with Gasteiger partial charge in [-0.1, -0.05) is 64.2 Å². The summed E-state index contributed by atoms with van der Waals surface area (Å²) in [7, 11) is 0. The van der Waals surface area contributed by atoms with E-state index in [1.165, 1.54) is 103 Å². The number of rotatable bonds is 3. The van der Waals surface area contributed by atoms with E-state index in [1.54, 1.807) is 0 Å². The zero-order valence-corrected chi connectivity index (χ0v) is 17.8. The Bertz CT molecular complexity index is 368. The van der Waals surface area contributed by atoms with Crippen LogP contribution in [0.5, 0.6) is 0 Å². The molecule has 0 aliphatic heterocycles. The van der Waals surface area contributed by atoms with E-state index in [9.17, 15) is 5.11 Å². The van der Waals surface area contributed by atoms with Crippen molar-refractivity contribution in [1.29, 1.82) is 0 Å². The van der Waals surface area contributed by atoms with Gasteiger partial charge < -0.3 is 10.2 Å². The van der Waals surface area contributed by atoms with Crippen LogP contribution in [0.3, 0.4) is 0 Å². The molecule has 4 saturated carbocycles. The van der Waals surface area contributed by atoms with Crippen molar-refractivity contribution in [3.05, 3.63) is 0 Å². The maximum Gasteiger partial charge on any atom is 0.0540 e. The minimum Gasteiger partial charge on any atom is -0.396 e. The van der Waals surface area contributed by atoms with E-state index in [0.717, 1.165) is 36.5 Å². The van der Waals surface area contributed by atoms with Gasteiger partial charge in [-0.3, -0.25) is 0 Å². The van der Waals surface area contributed by atoms with Crippen LogP contribution in [-0.2, 0) is 0 Å². The van der Waals surface area contributed by atoms with Crippen molar-refractivity contribution in [3.63, 3.8) is 0 Å². The van der Waals surface area contributed by atoms with Crippen LogP contribution in [0.25, 0.3) is 0 Å². The summed E-state index contributed by atoms with van der Waals surface area (Å²) in [6.45, 7) is 0.428. The van der Waals surface area contributed by atoms with E-state index in [0.29, 0.717) is 12.5 Å². The second-order valence-corrected chi connectivity index (χ2v) is 10.3. The maximum absolute atomic E-state index is 9.43. The molecule has 0 radical (unpaired) electrons. The third-order valence-electron chi connectivity index (χ3n) is 8.52. The van der Waals surface area contributed by atoms with Crippen LogP contribution < -0.4 is 0 Å². The molecule has 2 nitrogen and oxygen atoms in total. The van der Waals surface area contributed by atoms with Crippen molar-refractivity contribution in [2.45, 2.75) is 122 Å². The highest BCUT2D eigenvalue weighted by molar-refractivity contribution is 4.80. The van der Waals surface area contributed by atoms with E-state index in [2.05, 4.69) is 0 Å². The van der Waals surface area contributed by atoms with Gasteiger partial charge in [0.05, 0.1) is 6.10 Å². The zero-order valence-electron chi connectivity index (χ0n) is 17.8. The van der Waals surface area contributed by atoms with Crippen molar-refractivity contribution in [2.75, 3.05) is 6.61 Å². The van der Waals surface area contributed by atoms with Crippen LogP contribution in [0.15, 0.2) is 0 Å². The predicted octanol–water partition coefficient (Wildman–Crippen LogP) is 6.48. The Balaban J connectivity index is 0.000000156. The molecule has 0 atom stereocenters. The maximum atomic E-state index is 9.43. The van der Waals surface area contributed by atoms with E-state index < -0.39 is 0 Å². The average Bonchev–Trinajstić information content (AvgIpc) is 2.76. The normalized spacial score (nSPS) is 36.7. The van der Waals surface area contributed by atoms with E-state index in [-0.39, 0.29) is 6.10 Å². The van der Waals surface area contributed by atoms with Gasteiger partial charge >= 0.3 is 0 Å². The van der Waals surface area contributed by atoms with Gasteiger partial charge in [0.25, 0.3) is 0 Å². The summed E-state index contributed by atoms with van der Waals surface area (Å²) in [5.74, 6) is 4.67. The molecule has 4 aliphatic rings. The molecule has 0 spiro atoms. The van der Waals surface area contributed by atoms with Crippen LogP contribution in [-0.4, -0.2) is 22.9 Å². The Hall–Kier alpha value is -0.0800. The smallest absolute Gasteiger partial charge is 0.0540 e. The van der Waals surface area contributed by atoms with Crippen LogP contribution in [0, 0.1) is 29.6 Å². The molecule has 0 aromatic rings. The lowest BCUT2D eigenvalue weighted by atomic mass is 9.71. The van der Waals surface area contributed by atoms with Crippen LogP contribution in [0.4, 0.5) is 0 Å². The van der Waals surface area contributed by atoms with Crippen molar-refractivity contribution in [3.8, 4) is 0 Å². The number of aliphatic hydroxyl groups is 2. The summed E-state index contributed by atoms with van der Waals surface area (Å²) in [6, 6.07) is 0. The fraction of sp³-hybridized carbons (Fsp3) is 1.00. The largest absolute Gasteiger partial charge is 0.396 e. The Morgan fingerprint density at radius 2 is 0.815 bits per heavy atom. The molecular weight excluding hydrogens is 332 g/mol. The summed E-state index contributed by atoms with van der Waals surface area (Å²) < 4.78 is 0. The molecule has 0 unspecified atom stereocenters. The molecule has 4 rings (SSSR count). The summed E-state index contributed by atoms with van der Waals surface area (Å²) in [4.78, 5) is 0. The Morgan fingerprint density at radius 1 is 0.444 bits per heavy atom. The Labute approximate surface area is 168 Å². The van der Waals surface area contributed by atoms with Gasteiger partial charge in [0.15, 0.2) is 0 Å². The first-order valence-corrected chi connectivity index (χ1v) is 12.5. The first-order chi connectivity index (χ1) is 13.3. The predicted molar refractivity (Wildman–Crippen MR) is 114 cm³/mol. The first-order valence-electron chi connectivity index (χ1n) is 12.5. The molecule has 2 N–H and O–H groups in total. The van der Waals surface area contributed by atoms with Crippen LogP contribution in [0.1, 0.15) is 116 Å². The third-order valence-corrected chi connectivity index (χ3v) is 8.52. The van der Waals surface area contributed by atoms with Crippen molar-refractivity contribution in [1.82, 2.24) is 0 Å². The van der Waals surface area contributed by atoms with Crippen molar-refractivity contribution < 1.29 is 10.2 Å². The third kappa shape index (κ3) is 7.03. The van der Waals surface area contributed by atoms with Gasteiger partial charge in [-0.2, -0.15) is 0 Å². The zero-order chi connectivity index (χ0) is 18.9. The van der Waals surface area contributed by atoms with E-state index >= 15 is 0 Å². The highest BCUT2D eigenvalue weighted by Crippen LogP contribution is 2.40. The molecule has 0 bridgehead atoms. The van der Waals surface area contributed by atoms with Gasteiger partial charge in [0.1, 0.15) is 0 Å². The standard InChI is InChI=1S/C13H24O.C12H22O/c14-10-11-6-8-13(9-7-11)12-4-2-1-3-5-12;13-12-8-6-11(7-9-12)10-4-2-1-3-5-10/h11-14H,1-10H2;10-13H,1-9H2. The number of hydrogen-bond acceptors (Lipinski definition) is 2. The number of hydrogen-bond donors (Lipinski definition) is 2. The van der Waals surface area contributed by atoms with Crippen molar-refractivity contribution >= 4 is 0 Å². The molecule has 158 valence electrons. The minimum absolute atomic E-state index is 0.0276. The van der Waals surface area contributed by atoms with Crippen LogP contribution >= 0.6 is 0 Å². The first kappa shape index (κ1) is 21.6. The molecule has 27 heavy (non-hydrogen) atoms. The molecule has 0 saturated heterocycles. The van der Waals surface area contributed by atoms with Gasteiger partial charge in [-0.05, 0) is 81.0 Å². The summed E-state index contributed by atoms with van der Waals surface area (Å²) in [6.07, 6.45) is 24.9. The summed E-state index contributed by atoms with van der Waals surface area (Å²) in [5, 5.41) is 18.5. The molecule has 0 aromatic heterocycles. The lowest BCUT2D eigenvalue weighted by Crippen LogP contribution is -2.25. The molecule has 4 fully saturated rings. The molecular formula is C25H46O2. The molecule has 0 amide bonds. The Morgan fingerprint density at radius 3 is 1.22 bits per heavy atom. The highest BCUT2D eigenvalue weighted by atomic mass is 16.3. The molecule has 0 heterocycles. The lowest BCUT2D eigenvalue weighted by molar-refractivity contribution is 0.0822.